The van der Waals surface area contributed by atoms with E-state index in [0.29, 0.717) is 12.1 Å². The molecule has 0 bridgehead atoms. The highest BCUT2D eigenvalue weighted by molar-refractivity contribution is 5.98. The molecule has 0 aliphatic carbocycles. The number of hydrogen-bond acceptors (Lipinski definition) is 4. The number of Topliss-reactive ketones (excluding diaryl/α,β-unsaturated/α-hetero) is 1. The number of hydrogen-bond donors (Lipinski definition) is 2. The van der Waals surface area contributed by atoms with Crippen LogP contribution in [-0.2, 0) is 0 Å². The highest BCUT2D eigenvalue weighted by Gasteiger charge is 2.30. The van der Waals surface area contributed by atoms with Gasteiger partial charge in [0.1, 0.15) is 5.75 Å². The van der Waals surface area contributed by atoms with Crippen molar-refractivity contribution in [1.82, 2.24) is 4.90 Å². The molecule has 0 atom stereocenters. The second-order valence-corrected chi connectivity index (χ2v) is 6.39. The lowest BCUT2D eigenvalue weighted by molar-refractivity contribution is -0.0107. The van der Waals surface area contributed by atoms with Crippen LogP contribution in [0.2, 0.25) is 0 Å². The van der Waals surface area contributed by atoms with Crippen LogP contribution in [0.5, 0.6) is 5.75 Å². The summed E-state index contributed by atoms with van der Waals surface area (Å²) in [6.45, 7) is 6.45. The van der Waals surface area contributed by atoms with Crippen molar-refractivity contribution in [1.29, 1.82) is 0 Å². The van der Waals surface area contributed by atoms with Gasteiger partial charge in [-0.15, -0.1) is 0 Å². The molecule has 2 rings (SSSR count). The van der Waals surface area contributed by atoms with Crippen LogP contribution in [0.1, 0.15) is 49.9 Å². The third-order valence-corrected chi connectivity index (χ3v) is 4.94. The number of benzene rings is 1. The highest BCUT2D eigenvalue weighted by Crippen LogP contribution is 2.25. The summed E-state index contributed by atoms with van der Waals surface area (Å²) in [5, 5.41) is 19.7. The maximum atomic E-state index is 12.5. The van der Waals surface area contributed by atoms with E-state index in [9.17, 15) is 15.0 Å². The molecule has 1 aromatic rings. The van der Waals surface area contributed by atoms with E-state index < -0.39 is 5.60 Å². The van der Waals surface area contributed by atoms with E-state index in [0.717, 1.165) is 38.8 Å². The molecule has 4 nitrogen and oxygen atoms in total. The predicted molar refractivity (Wildman–Crippen MR) is 87.1 cm³/mol. The monoisotopic (exact) mass is 305 g/mol. The lowest BCUT2D eigenvalue weighted by atomic mass is 9.87. The van der Waals surface area contributed by atoms with E-state index in [4.69, 9.17) is 0 Å². The Morgan fingerprint density at radius 2 is 1.73 bits per heavy atom. The molecule has 0 amide bonds. The lowest BCUT2D eigenvalue weighted by Gasteiger charge is -2.37. The summed E-state index contributed by atoms with van der Waals surface area (Å²) in [5.41, 5.74) is 0.0724. The van der Waals surface area contributed by atoms with E-state index in [-0.39, 0.29) is 17.5 Å². The molecule has 0 spiro atoms. The Balaban J connectivity index is 1.89. The van der Waals surface area contributed by atoms with Crippen molar-refractivity contribution in [2.75, 3.05) is 19.6 Å². The van der Waals surface area contributed by atoms with Gasteiger partial charge in [0.05, 0.1) is 5.60 Å². The molecule has 2 N–H and O–H groups in total. The molecule has 1 saturated heterocycles. The minimum absolute atomic E-state index is 0.0529. The van der Waals surface area contributed by atoms with E-state index >= 15 is 0 Å². The molecule has 22 heavy (non-hydrogen) atoms. The largest absolute Gasteiger partial charge is 0.508 e. The summed E-state index contributed by atoms with van der Waals surface area (Å²) < 4.78 is 0. The van der Waals surface area contributed by atoms with E-state index in [2.05, 4.69) is 4.90 Å². The van der Waals surface area contributed by atoms with Gasteiger partial charge in [-0.3, -0.25) is 4.79 Å². The molecule has 0 aromatic heterocycles. The van der Waals surface area contributed by atoms with Crippen LogP contribution in [0, 0.1) is 5.92 Å². The number of β-amino-alcohol motifs (C(OH)–C–C–N with tert-alkyl or cyclic N) is 1. The average molecular weight is 305 g/mol. The summed E-state index contributed by atoms with van der Waals surface area (Å²) >= 11 is 0. The lowest BCUT2D eigenvalue weighted by Crippen LogP contribution is -2.46. The van der Waals surface area contributed by atoms with Crippen molar-refractivity contribution in [2.45, 2.75) is 45.1 Å². The van der Waals surface area contributed by atoms with Crippen LogP contribution in [0.25, 0.3) is 0 Å². The molecule has 1 aromatic carbocycles. The summed E-state index contributed by atoms with van der Waals surface area (Å²) in [6, 6.07) is 6.50. The summed E-state index contributed by atoms with van der Waals surface area (Å²) in [5.74, 6) is 0.405. The van der Waals surface area contributed by atoms with Gasteiger partial charge in [-0.05, 0) is 63.0 Å². The molecule has 0 unspecified atom stereocenters. The fraction of sp³-hybridized carbons (Fsp3) is 0.611. The Kier molecular flexibility index (Phi) is 5.59. The molecular formula is C18H27NO3. The Morgan fingerprint density at radius 1 is 1.18 bits per heavy atom. The third kappa shape index (κ3) is 4.08. The van der Waals surface area contributed by atoms with Gasteiger partial charge in [0.25, 0.3) is 0 Å². The molecule has 122 valence electrons. The third-order valence-electron chi connectivity index (χ3n) is 4.94. The first kappa shape index (κ1) is 17.0. The number of carbonyl (C=O) groups is 1. The van der Waals surface area contributed by atoms with Gasteiger partial charge in [-0.2, -0.15) is 0 Å². The summed E-state index contributed by atoms with van der Waals surface area (Å²) in [6.07, 6.45) is 3.19. The fourth-order valence-electron chi connectivity index (χ4n) is 3.10. The molecule has 1 fully saturated rings. The normalized spacial score (nSPS) is 17.6. The van der Waals surface area contributed by atoms with E-state index in [1.807, 2.05) is 13.8 Å². The van der Waals surface area contributed by atoms with Gasteiger partial charge >= 0.3 is 0 Å². The molecule has 0 radical (unpaired) electrons. The van der Waals surface area contributed by atoms with Crippen LogP contribution >= 0.6 is 0 Å². The molecule has 4 heteroatoms. The zero-order valence-electron chi connectivity index (χ0n) is 13.6. The average Bonchev–Trinajstić information content (AvgIpc) is 2.55. The minimum Gasteiger partial charge on any atom is -0.508 e. The minimum atomic E-state index is -0.603. The maximum absolute atomic E-state index is 12.5. The molecule has 1 aliphatic rings. The van der Waals surface area contributed by atoms with Gasteiger partial charge in [-0.1, -0.05) is 13.8 Å². The van der Waals surface area contributed by atoms with Crippen LogP contribution in [0.4, 0.5) is 0 Å². The second-order valence-electron chi connectivity index (χ2n) is 6.39. The number of aromatic hydroxyl groups is 1. The predicted octanol–water partition coefficient (Wildman–Crippen LogP) is 2.84. The van der Waals surface area contributed by atoms with Crippen molar-refractivity contribution in [3.63, 3.8) is 0 Å². The maximum Gasteiger partial charge on any atom is 0.166 e. The quantitative estimate of drug-likeness (QED) is 0.793. The number of piperidine rings is 1. The van der Waals surface area contributed by atoms with E-state index in [1.54, 1.807) is 24.3 Å². The number of carbonyl (C=O) groups excluding carboxylic acids is 1. The smallest absolute Gasteiger partial charge is 0.166 e. The van der Waals surface area contributed by atoms with Crippen molar-refractivity contribution in [2.24, 2.45) is 5.92 Å². The zero-order chi connectivity index (χ0) is 16.2. The van der Waals surface area contributed by atoms with Crippen molar-refractivity contribution in [3.05, 3.63) is 29.8 Å². The SMILES string of the molecule is CCC(O)(CC)CN1CCC(C(=O)c2ccc(O)cc2)CC1. The number of ketones is 1. The van der Waals surface area contributed by atoms with Crippen molar-refractivity contribution >= 4 is 5.78 Å². The number of rotatable bonds is 6. The number of aliphatic hydroxyl groups is 1. The molecule has 0 saturated carbocycles. The first-order valence-corrected chi connectivity index (χ1v) is 8.25. The van der Waals surface area contributed by atoms with Crippen LogP contribution in [0.3, 0.4) is 0 Å². The standard InChI is InChI=1S/C18H27NO3/c1-3-18(22,4-2)13-19-11-9-15(10-12-19)17(21)14-5-7-16(20)8-6-14/h5-8,15,20,22H,3-4,9-13H2,1-2H3. The van der Waals surface area contributed by atoms with Crippen LogP contribution < -0.4 is 0 Å². The van der Waals surface area contributed by atoms with Gasteiger partial charge in [-0.25, -0.2) is 0 Å². The zero-order valence-corrected chi connectivity index (χ0v) is 13.6. The van der Waals surface area contributed by atoms with Crippen LogP contribution in [-0.4, -0.2) is 46.1 Å². The first-order valence-electron chi connectivity index (χ1n) is 8.25. The number of nitrogens with zero attached hydrogens (tertiary/aromatic N) is 1. The van der Waals surface area contributed by atoms with Gasteiger partial charge in [0.15, 0.2) is 5.78 Å². The van der Waals surface area contributed by atoms with Gasteiger partial charge in [0, 0.05) is 18.0 Å². The Bertz CT molecular complexity index is 486. The highest BCUT2D eigenvalue weighted by atomic mass is 16.3. The Labute approximate surface area is 132 Å². The topological polar surface area (TPSA) is 60.8 Å². The first-order chi connectivity index (χ1) is 10.5. The van der Waals surface area contributed by atoms with E-state index in [1.165, 1.54) is 0 Å². The number of phenols is 1. The molecule has 1 aliphatic heterocycles. The summed E-state index contributed by atoms with van der Waals surface area (Å²) in [7, 11) is 0. The molecule has 1 heterocycles. The molecular weight excluding hydrogens is 278 g/mol. The van der Waals surface area contributed by atoms with Crippen LogP contribution in [0.15, 0.2) is 24.3 Å². The Hall–Kier alpha value is -1.39. The Morgan fingerprint density at radius 3 is 2.23 bits per heavy atom. The number of phenolic OH excluding ortho intramolecular Hbond substituents is 1. The van der Waals surface area contributed by atoms with Crippen molar-refractivity contribution in [3.8, 4) is 5.75 Å². The fourth-order valence-corrected chi connectivity index (χ4v) is 3.10. The summed E-state index contributed by atoms with van der Waals surface area (Å²) in [4.78, 5) is 14.7. The van der Waals surface area contributed by atoms with Crippen molar-refractivity contribution < 1.29 is 15.0 Å². The second kappa shape index (κ2) is 7.25. The van der Waals surface area contributed by atoms with Gasteiger partial charge < -0.3 is 15.1 Å². The van der Waals surface area contributed by atoms with Gasteiger partial charge in [0.2, 0.25) is 0 Å². The number of likely N-dealkylation sites (tertiary alicyclic amines) is 1.